The number of rotatable bonds is 4. The SMILES string of the molecule is CCOC(=O)C(NC(C)=O)C1CCCC1=O. The number of carbonyl (C=O) groups is 3. The molecule has 2 unspecified atom stereocenters. The minimum Gasteiger partial charge on any atom is -0.464 e. The van der Waals surface area contributed by atoms with E-state index in [1.54, 1.807) is 6.92 Å². The molecule has 0 spiro atoms. The second-order valence-electron chi connectivity index (χ2n) is 3.90. The Bertz CT molecular complexity index is 300. The Morgan fingerprint density at radius 3 is 2.69 bits per heavy atom. The van der Waals surface area contributed by atoms with E-state index in [0.717, 1.165) is 6.42 Å². The molecule has 1 amide bonds. The van der Waals surface area contributed by atoms with Gasteiger partial charge in [-0.2, -0.15) is 0 Å². The van der Waals surface area contributed by atoms with E-state index in [4.69, 9.17) is 4.74 Å². The molecule has 0 aliphatic heterocycles. The quantitative estimate of drug-likeness (QED) is 0.707. The molecule has 16 heavy (non-hydrogen) atoms. The van der Waals surface area contributed by atoms with Crippen LogP contribution in [0.25, 0.3) is 0 Å². The van der Waals surface area contributed by atoms with Crippen LogP contribution in [-0.4, -0.2) is 30.3 Å². The molecular formula is C11H17NO4. The summed E-state index contributed by atoms with van der Waals surface area (Å²) in [5.41, 5.74) is 0. The normalized spacial score (nSPS) is 21.6. The third kappa shape index (κ3) is 3.05. The van der Waals surface area contributed by atoms with Gasteiger partial charge in [-0.15, -0.1) is 0 Å². The minimum atomic E-state index is -0.813. The van der Waals surface area contributed by atoms with Crippen LogP contribution in [0.15, 0.2) is 0 Å². The molecule has 90 valence electrons. The number of ketones is 1. The van der Waals surface area contributed by atoms with Crippen molar-refractivity contribution in [2.24, 2.45) is 5.92 Å². The summed E-state index contributed by atoms with van der Waals surface area (Å²) in [4.78, 5) is 34.2. The van der Waals surface area contributed by atoms with Crippen molar-refractivity contribution in [1.82, 2.24) is 5.32 Å². The molecule has 1 rings (SSSR count). The molecule has 0 bridgehead atoms. The topological polar surface area (TPSA) is 72.5 Å². The Balaban J connectivity index is 2.73. The van der Waals surface area contributed by atoms with Gasteiger partial charge < -0.3 is 10.1 Å². The van der Waals surface area contributed by atoms with Gasteiger partial charge >= 0.3 is 5.97 Å². The van der Waals surface area contributed by atoms with Gasteiger partial charge in [-0.25, -0.2) is 4.79 Å². The standard InChI is InChI=1S/C11H17NO4/c1-3-16-11(15)10(12-7(2)13)8-5-4-6-9(8)14/h8,10H,3-6H2,1-2H3,(H,12,13). The molecule has 1 N–H and O–H groups in total. The van der Waals surface area contributed by atoms with E-state index in [1.807, 2.05) is 0 Å². The molecule has 0 aromatic rings. The number of esters is 1. The lowest BCUT2D eigenvalue weighted by atomic mass is 9.97. The van der Waals surface area contributed by atoms with Crippen LogP contribution in [-0.2, 0) is 19.1 Å². The van der Waals surface area contributed by atoms with Crippen molar-refractivity contribution in [3.63, 3.8) is 0 Å². The molecule has 1 fully saturated rings. The number of amides is 1. The number of ether oxygens (including phenoxy) is 1. The van der Waals surface area contributed by atoms with Gasteiger partial charge in [0.25, 0.3) is 0 Å². The van der Waals surface area contributed by atoms with Crippen LogP contribution in [0.4, 0.5) is 0 Å². The third-order valence-corrected chi connectivity index (χ3v) is 2.65. The first kappa shape index (κ1) is 12.7. The van der Waals surface area contributed by atoms with Crippen LogP contribution in [0.1, 0.15) is 33.1 Å². The Morgan fingerprint density at radius 2 is 2.25 bits per heavy atom. The lowest BCUT2D eigenvalue weighted by molar-refractivity contribution is -0.150. The molecule has 1 aliphatic rings. The summed E-state index contributed by atoms with van der Waals surface area (Å²) >= 11 is 0. The van der Waals surface area contributed by atoms with E-state index >= 15 is 0 Å². The Labute approximate surface area is 94.5 Å². The van der Waals surface area contributed by atoms with Crippen molar-refractivity contribution in [3.05, 3.63) is 0 Å². The molecule has 1 aliphatic carbocycles. The van der Waals surface area contributed by atoms with Crippen molar-refractivity contribution < 1.29 is 19.1 Å². The van der Waals surface area contributed by atoms with Gasteiger partial charge in [0, 0.05) is 19.3 Å². The molecule has 1 saturated carbocycles. The van der Waals surface area contributed by atoms with Gasteiger partial charge in [-0.05, 0) is 19.8 Å². The van der Waals surface area contributed by atoms with Gasteiger partial charge in [0.05, 0.1) is 6.61 Å². The number of hydrogen-bond donors (Lipinski definition) is 1. The lowest BCUT2D eigenvalue weighted by Crippen LogP contribution is -2.47. The third-order valence-electron chi connectivity index (χ3n) is 2.65. The second kappa shape index (κ2) is 5.63. The maximum atomic E-state index is 11.6. The molecule has 5 heteroatoms. The first-order chi connectivity index (χ1) is 7.56. The largest absolute Gasteiger partial charge is 0.464 e. The number of hydrogen-bond acceptors (Lipinski definition) is 4. The summed E-state index contributed by atoms with van der Waals surface area (Å²) in [6, 6.07) is -0.813. The van der Waals surface area contributed by atoms with Gasteiger partial charge in [0.1, 0.15) is 11.8 Å². The summed E-state index contributed by atoms with van der Waals surface area (Å²) in [5.74, 6) is -1.22. The summed E-state index contributed by atoms with van der Waals surface area (Å²) in [6.07, 6.45) is 1.90. The highest BCUT2D eigenvalue weighted by Gasteiger charge is 2.37. The highest BCUT2D eigenvalue weighted by molar-refractivity contribution is 5.92. The zero-order valence-corrected chi connectivity index (χ0v) is 9.62. The molecule has 0 heterocycles. The highest BCUT2D eigenvalue weighted by atomic mass is 16.5. The van der Waals surface area contributed by atoms with Crippen LogP contribution in [0.2, 0.25) is 0 Å². The van der Waals surface area contributed by atoms with Gasteiger partial charge in [0.2, 0.25) is 5.91 Å². The van der Waals surface area contributed by atoms with E-state index in [9.17, 15) is 14.4 Å². The van der Waals surface area contributed by atoms with Crippen LogP contribution in [0, 0.1) is 5.92 Å². The van der Waals surface area contributed by atoms with Crippen molar-refractivity contribution in [3.8, 4) is 0 Å². The zero-order valence-electron chi connectivity index (χ0n) is 9.62. The second-order valence-corrected chi connectivity index (χ2v) is 3.90. The summed E-state index contributed by atoms with van der Waals surface area (Å²) in [5, 5.41) is 2.50. The molecule has 5 nitrogen and oxygen atoms in total. The van der Waals surface area contributed by atoms with Crippen molar-refractivity contribution >= 4 is 17.7 Å². The molecule has 0 saturated heterocycles. The van der Waals surface area contributed by atoms with Crippen LogP contribution in [0.3, 0.4) is 0 Å². The molecule has 2 atom stereocenters. The average Bonchev–Trinajstić information content (AvgIpc) is 2.61. The zero-order chi connectivity index (χ0) is 12.1. The summed E-state index contributed by atoms with van der Waals surface area (Å²) < 4.78 is 4.86. The first-order valence-corrected chi connectivity index (χ1v) is 5.52. The summed E-state index contributed by atoms with van der Waals surface area (Å²) in [7, 11) is 0. The van der Waals surface area contributed by atoms with E-state index in [0.29, 0.717) is 12.8 Å². The van der Waals surface area contributed by atoms with Crippen LogP contribution < -0.4 is 5.32 Å². The lowest BCUT2D eigenvalue weighted by Gasteiger charge is -2.21. The maximum absolute atomic E-state index is 11.6. The molecular weight excluding hydrogens is 210 g/mol. The molecule has 0 aromatic heterocycles. The predicted octanol–water partition coefficient (Wildman–Crippen LogP) is 0.423. The predicted molar refractivity (Wildman–Crippen MR) is 56.6 cm³/mol. The van der Waals surface area contributed by atoms with Gasteiger partial charge in [0.15, 0.2) is 0 Å². The number of carbonyl (C=O) groups excluding carboxylic acids is 3. The van der Waals surface area contributed by atoms with E-state index < -0.39 is 17.9 Å². The maximum Gasteiger partial charge on any atom is 0.329 e. The van der Waals surface area contributed by atoms with E-state index in [2.05, 4.69) is 5.32 Å². The first-order valence-electron chi connectivity index (χ1n) is 5.52. The summed E-state index contributed by atoms with van der Waals surface area (Å²) in [6.45, 7) is 3.26. The monoisotopic (exact) mass is 227 g/mol. The fourth-order valence-corrected chi connectivity index (χ4v) is 1.97. The molecule has 0 radical (unpaired) electrons. The van der Waals surface area contributed by atoms with Crippen molar-refractivity contribution in [1.29, 1.82) is 0 Å². The average molecular weight is 227 g/mol. The fourth-order valence-electron chi connectivity index (χ4n) is 1.97. The minimum absolute atomic E-state index is 0.0341. The van der Waals surface area contributed by atoms with E-state index in [-0.39, 0.29) is 18.3 Å². The van der Waals surface area contributed by atoms with Crippen LogP contribution in [0.5, 0.6) is 0 Å². The van der Waals surface area contributed by atoms with Crippen molar-refractivity contribution in [2.75, 3.05) is 6.61 Å². The van der Waals surface area contributed by atoms with Crippen molar-refractivity contribution in [2.45, 2.75) is 39.2 Å². The fraction of sp³-hybridized carbons (Fsp3) is 0.727. The number of Topliss-reactive ketones (excluding diaryl/α,β-unsaturated/α-hetero) is 1. The highest BCUT2D eigenvalue weighted by Crippen LogP contribution is 2.25. The number of nitrogens with one attached hydrogen (secondary N) is 1. The van der Waals surface area contributed by atoms with Gasteiger partial charge in [-0.3, -0.25) is 9.59 Å². The Kier molecular flexibility index (Phi) is 4.46. The Hall–Kier alpha value is -1.39. The smallest absolute Gasteiger partial charge is 0.329 e. The van der Waals surface area contributed by atoms with Gasteiger partial charge in [-0.1, -0.05) is 0 Å². The van der Waals surface area contributed by atoms with E-state index in [1.165, 1.54) is 6.92 Å². The van der Waals surface area contributed by atoms with Crippen LogP contribution >= 0.6 is 0 Å². The Morgan fingerprint density at radius 1 is 1.56 bits per heavy atom. The molecule has 0 aromatic carbocycles.